The van der Waals surface area contributed by atoms with Crippen LogP contribution in [-0.2, 0) is 14.3 Å². The topological polar surface area (TPSA) is 73.9 Å². The van der Waals surface area contributed by atoms with Crippen LogP contribution in [0.3, 0.4) is 0 Å². The van der Waals surface area contributed by atoms with Gasteiger partial charge in [0.1, 0.15) is 16.9 Å². The Bertz CT molecular complexity index is 660. The fourth-order valence-electron chi connectivity index (χ4n) is 3.56. The van der Waals surface area contributed by atoms with Gasteiger partial charge in [0.25, 0.3) is 5.91 Å². The van der Waals surface area contributed by atoms with E-state index in [1.54, 1.807) is 25.3 Å². The largest absolute Gasteiger partial charge is 0.493 e. The normalized spacial score (nSPS) is 22.1. The van der Waals surface area contributed by atoms with Crippen LogP contribution in [0.15, 0.2) is 18.2 Å². The minimum absolute atomic E-state index is 0.174. The van der Waals surface area contributed by atoms with Gasteiger partial charge in [-0.15, -0.1) is 0 Å². The minimum Gasteiger partial charge on any atom is -0.493 e. The number of anilines is 1. The van der Waals surface area contributed by atoms with E-state index >= 15 is 0 Å². The monoisotopic (exact) mass is 377 g/mol. The molecule has 0 radical (unpaired) electrons. The maximum atomic E-state index is 12.9. The summed E-state index contributed by atoms with van der Waals surface area (Å²) >= 11 is 0. The first-order valence-electron chi connectivity index (χ1n) is 9.67. The Balaban J connectivity index is 2.19. The summed E-state index contributed by atoms with van der Waals surface area (Å²) in [6.45, 7) is 4.73. The maximum absolute atomic E-state index is 12.9. The van der Waals surface area contributed by atoms with Crippen molar-refractivity contribution in [3.05, 3.63) is 23.8 Å². The van der Waals surface area contributed by atoms with Gasteiger partial charge in [0.15, 0.2) is 0 Å². The van der Waals surface area contributed by atoms with Crippen molar-refractivity contribution < 1.29 is 23.8 Å². The molecule has 1 aliphatic carbocycles. The van der Waals surface area contributed by atoms with Crippen molar-refractivity contribution in [1.29, 1.82) is 0 Å². The molecule has 1 aliphatic rings. The first-order valence-corrected chi connectivity index (χ1v) is 9.67. The lowest BCUT2D eigenvalue weighted by atomic mass is 9.78. The molecular formula is C21H31NO5. The third-order valence-electron chi connectivity index (χ3n) is 5.16. The minimum atomic E-state index is -0.820. The zero-order valence-electron chi connectivity index (χ0n) is 16.8. The van der Waals surface area contributed by atoms with Gasteiger partial charge < -0.3 is 19.5 Å². The van der Waals surface area contributed by atoms with E-state index in [-0.39, 0.29) is 5.91 Å². The molecular weight excluding hydrogens is 346 g/mol. The molecule has 27 heavy (non-hydrogen) atoms. The van der Waals surface area contributed by atoms with Crippen molar-refractivity contribution >= 4 is 17.6 Å². The molecule has 6 heteroatoms. The molecule has 1 saturated carbocycles. The summed E-state index contributed by atoms with van der Waals surface area (Å²) in [5.74, 6) is 0.225. The van der Waals surface area contributed by atoms with Gasteiger partial charge in [0.05, 0.1) is 13.7 Å². The predicted octanol–water partition coefficient (Wildman–Crippen LogP) is 4.19. The number of hydrogen-bond acceptors (Lipinski definition) is 5. The second-order valence-corrected chi connectivity index (χ2v) is 7.26. The molecule has 2 atom stereocenters. The second kappa shape index (κ2) is 9.74. The lowest BCUT2D eigenvalue weighted by Gasteiger charge is -2.37. The van der Waals surface area contributed by atoms with Crippen molar-refractivity contribution in [2.75, 3.05) is 26.1 Å². The van der Waals surface area contributed by atoms with Gasteiger partial charge in [0, 0.05) is 12.8 Å². The molecule has 0 heterocycles. The van der Waals surface area contributed by atoms with Crippen LogP contribution in [0.25, 0.3) is 0 Å². The van der Waals surface area contributed by atoms with Crippen LogP contribution in [-0.4, -0.2) is 38.3 Å². The molecule has 1 aromatic carbocycles. The lowest BCUT2D eigenvalue weighted by molar-refractivity contribution is -0.143. The molecule has 1 N–H and O–H groups in total. The average Bonchev–Trinajstić information content (AvgIpc) is 2.68. The van der Waals surface area contributed by atoms with Crippen LogP contribution in [0.1, 0.15) is 62.7 Å². The molecule has 150 valence electrons. The maximum Gasteiger partial charge on any atom is 0.341 e. The number of benzene rings is 1. The van der Waals surface area contributed by atoms with Crippen LogP contribution >= 0.6 is 0 Å². The van der Waals surface area contributed by atoms with Gasteiger partial charge in [-0.3, -0.25) is 4.79 Å². The molecule has 2 unspecified atom stereocenters. The molecule has 0 aliphatic heterocycles. The van der Waals surface area contributed by atoms with Gasteiger partial charge in [-0.2, -0.15) is 0 Å². The standard InChI is InChI=1S/C21H31NO5/c1-5-6-12-27-18-10-9-16(13-17(18)19(23)25-3)22-20(24)21(26-4)11-7-8-15(2)14-21/h9-10,13,15H,5-8,11-12,14H2,1-4H3,(H,22,24). The van der Waals surface area contributed by atoms with Crippen LogP contribution in [0.2, 0.25) is 0 Å². The van der Waals surface area contributed by atoms with Crippen LogP contribution < -0.4 is 10.1 Å². The number of ether oxygens (including phenoxy) is 3. The molecule has 1 fully saturated rings. The predicted molar refractivity (Wildman–Crippen MR) is 104 cm³/mol. The zero-order valence-corrected chi connectivity index (χ0v) is 16.8. The summed E-state index contributed by atoms with van der Waals surface area (Å²) in [5, 5.41) is 2.91. The van der Waals surface area contributed by atoms with Crippen molar-refractivity contribution in [2.45, 2.75) is 58.0 Å². The molecule has 0 saturated heterocycles. The molecule has 0 aromatic heterocycles. The molecule has 1 aromatic rings. The number of amides is 1. The summed E-state index contributed by atoms with van der Waals surface area (Å²) in [6, 6.07) is 5.03. The van der Waals surface area contributed by atoms with E-state index < -0.39 is 11.6 Å². The Labute approximate surface area is 161 Å². The average molecular weight is 377 g/mol. The van der Waals surface area contributed by atoms with E-state index in [1.165, 1.54) is 7.11 Å². The van der Waals surface area contributed by atoms with Gasteiger partial charge in [0.2, 0.25) is 0 Å². The van der Waals surface area contributed by atoms with Gasteiger partial charge in [-0.1, -0.05) is 26.7 Å². The van der Waals surface area contributed by atoms with E-state index in [1.807, 2.05) is 0 Å². The van der Waals surface area contributed by atoms with Crippen molar-refractivity contribution in [3.8, 4) is 5.75 Å². The third-order valence-corrected chi connectivity index (χ3v) is 5.16. The van der Waals surface area contributed by atoms with Gasteiger partial charge in [-0.05, 0) is 49.8 Å². The lowest BCUT2D eigenvalue weighted by Crippen LogP contribution is -2.47. The molecule has 1 amide bonds. The fraction of sp³-hybridized carbons (Fsp3) is 0.619. The number of methoxy groups -OCH3 is 2. The summed E-state index contributed by atoms with van der Waals surface area (Å²) in [7, 11) is 2.91. The zero-order chi connectivity index (χ0) is 19.9. The fourth-order valence-corrected chi connectivity index (χ4v) is 3.56. The van der Waals surface area contributed by atoms with Crippen molar-refractivity contribution in [3.63, 3.8) is 0 Å². The first-order chi connectivity index (χ1) is 13.0. The Morgan fingerprint density at radius 1 is 1.30 bits per heavy atom. The first kappa shape index (κ1) is 21.2. The molecule has 2 rings (SSSR count). The van der Waals surface area contributed by atoms with Crippen LogP contribution in [0.4, 0.5) is 5.69 Å². The van der Waals surface area contributed by atoms with Crippen molar-refractivity contribution in [1.82, 2.24) is 0 Å². The van der Waals surface area contributed by atoms with Crippen LogP contribution in [0.5, 0.6) is 5.75 Å². The van der Waals surface area contributed by atoms with E-state index in [9.17, 15) is 9.59 Å². The van der Waals surface area contributed by atoms with E-state index in [0.29, 0.717) is 42.4 Å². The Morgan fingerprint density at radius 3 is 2.70 bits per heavy atom. The number of nitrogens with one attached hydrogen (secondary N) is 1. The summed E-state index contributed by atoms with van der Waals surface area (Å²) in [4.78, 5) is 25.1. The van der Waals surface area contributed by atoms with Gasteiger partial charge in [-0.25, -0.2) is 4.79 Å². The highest BCUT2D eigenvalue weighted by Gasteiger charge is 2.42. The summed E-state index contributed by atoms with van der Waals surface area (Å²) in [6.07, 6.45) is 5.35. The molecule has 0 spiro atoms. The Hall–Kier alpha value is -2.08. The highest BCUT2D eigenvalue weighted by atomic mass is 16.5. The number of carbonyl (C=O) groups excluding carboxylic acids is 2. The van der Waals surface area contributed by atoms with E-state index in [0.717, 1.165) is 25.7 Å². The third kappa shape index (κ3) is 5.22. The Kier molecular flexibility index (Phi) is 7.66. The number of unbranched alkanes of at least 4 members (excludes halogenated alkanes) is 1. The van der Waals surface area contributed by atoms with Crippen LogP contribution in [0, 0.1) is 5.92 Å². The highest BCUT2D eigenvalue weighted by Crippen LogP contribution is 2.36. The smallest absolute Gasteiger partial charge is 0.341 e. The summed E-state index contributed by atoms with van der Waals surface area (Å²) < 4.78 is 16.2. The molecule has 6 nitrogen and oxygen atoms in total. The quantitative estimate of drug-likeness (QED) is 0.543. The number of rotatable bonds is 8. The number of hydrogen-bond donors (Lipinski definition) is 1. The molecule has 0 bridgehead atoms. The summed E-state index contributed by atoms with van der Waals surface area (Å²) in [5.41, 5.74) is 0.00660. The van der Waals surface area contributed by atoms with Crippen molar-refractivity contribution in [2.24, 2.45) is 5.92 Å². The number of carbonyl (C=O) groups is 2. The number of esters is 1. The SMILES string of the molecule is CCCCOc1ccc(NC(=O)C2(OC)CCCC(C)C2)cc1C(=O)OC. The highest BCUT2D eigenvalue weighted by molar-refractivity contribution is 5.99. The van der Waals surface area contributed by atoms with E-state index in [4.69, 9.17) is 14.2 Å². The van der Waals surface area contributed by atoms with Gasteiger partial charge >= 0.3 is 5.97 Å². The Morgan fingerprint density at radius 2 is 2.07 bits per heavy atom. The van der Waals surface area contributed by atoms with E-state index in [2.05, 4.69) is 19.2 Å². The second-order valence-electron chi connectivity index (χ2n) is 7.26.